The number of hydrogen-bond donors (Lipinski definition) is 1. The van der Waals surface area contributed by atoms with Crippen LogP contribution >= 0.6 is 11.6 Å². The largest absolute Gasteiger partial charge is 0.497 e. The lowest BCUT2D eigenvalue weighted by molar-refractivity contribution is -0.136. The molecule has 0 aliphatic rings. The molecule has 0 unspecified atom stereocenters. The molecule has 0 aliphatic carbocycles. The highest BCUT2D eigenvalue weighted by atomic mass is 35.5. The van der Waals surface area contributed by atoms with Gasteiger partial charge in [0.2, 0.25) is 5.91 Å². The van der Waals surface area contributed by atoms with E-state index in [1.54, 1.807) is 24.3 Å². The minimum atomic E-state index is -1.10. The number of rotatable bonds is 5. The predicted molar refractivity (Wildman–Crippen MR) is 63.7 cm³/mol. The normalized spacial score (nSPS) is 9.76. The van der Waals surface area contributed by atoms with Crippen LogP contribution in [0, 0.1) is 0 Å². The molecule has 17 heavy (non-hydrogen) atoms. The van der Waals surface area contributed by atoms with Crippen molar-refractivity contribution in [2.45, 2.75) is 0 Å². The fourth-order valence-electron chi connectivity index (χ4n) is 1.29. The minimum Gasteiger partial charge on any atom is -0.497 e. The molecule has 0 radical (unpaired) electrons. The molecule has 5 nitrogen and oxygen atoms in total. The number of ether oxygens (including phenoxy) is 1. The number of anilines is 1. The first-order chi connectivity index (χ1) is 8.08. The van der Waals surface area contributed by atoms with Crippen LogP contribution in [-0.4, -0.2) is 36.5 Å². The lowest BCUT2D eigenvalue weighted by Crippen LogP contribution is -2.36. The average Bonchev–Trinajstić information content (AvgIpc) is 2.35. The number of hydrogen-bond acceptors (Lipinski definition) is 3. The van der Waals surface area contributed by atoms with Gasteiger partial charge in [-0.15, -0.1) is 11.6 Å². The van der Waals surface area contributed by atoms with Crippen molar-refractivity contribution < 1.29 is 19.4 Å². The van der Waals surface area contributed by atoms with Crippen LogP contribution in [0.15, 0.2) is 24.3 Å². The van der Waals surface area contributed by atoms with E-state index in [0.717, 1.165) is 4.90 Å². The minimum absolute atomic E-state index is 0.265. The summed E-state index contributed by atoms with van der Waals surface area (Å²) in [5, 5.41) is 8.73. The number of carbonyl (C=O) groups excluding carboxylic acids is 1. The van der Waals surface area contributed by atoms with Crippen molar-refractivity contribution in [3.63, 3.8) is 0 Å². The van der Waals surface area contributed by atoms with Crippen molar-refractivity contribution in [2.75, 3.05) is 24.4 Å². The Morgan fingerprint density at radius 2 is 1.94 bits per heavy atom. The number of carbonyl (C=O) groups is 2. The van der Waals surface area contributed by atoms with Crippen LogP contribution in [0.2, 0.25) is 0 Å². The van der Waals surface area contributed by atoms with E-state index in [0.29, 0.717) is 11.4 Å². The quantitative estimate of drug-likeness (QED) is 0.809. The molecule has 92 valence electrons. The van der Waals surface area contributed by atoms with Gasteiger partial charge in [0, 0.05) is 5.69 Å². The number of carboxylic acid groups (broad SMARTS) is 1. The Morgan fingerprint density at radius 1 is 1.35 bits per heavy atom. The van der Waals surface area contributed by atoms with Gasteiger partial charge in [0.05, 0.1) is 7.11 Å². The molecule has 1 N–H and O–H groups in total. The molecule has 6 heteroatoms. The summed E-state index contributed by atoms with van der Waals surface area (Å²) in [5.74, 6) is -1.19. The topological polar surface area (TPSA) is 66.8 Å². The third kappa shape index (κ3) is 3.64. The lowest BCUT2D eigenvalue weighted by atomic mass is 10.2. The van der Waals surface area contributed by atoms with Gasteiger partial charge in [-0.2, -0.15) is 0 Å². The summed E-state index contributed by atoms with van der Waals surface area (Å²) in [5.41, 5.74) is 0.471. The van der Waals surface area contributed by atoms with Gasteiger partial charge >= 0.3 is 5.97 Å². The zero-order valence-corrected chi connectivity index (χ0v) is 9.98. The molecule has 0 heterocycles. The summed E-state index contributed by atoms with van der Waals surface area (Å²) in [7, 11) is 1.52. The number of carboxylic acids is 1. The lowest BCUT2D eigenvalue weighted by Gasteiger charge is -2.19. The van der Waals surface area contributed by atoms with Gasteiger partial charge in [0.15, 0.2) is 0 Å². The highest BCUT2D eigenvalue weighted by Crippen LogP contribution is 2.19. The van der Waals surface area contributed by atoms with Gasteiger partial charge in [0.25, 0.3) is 0 Å². The van der Waals surface area contributed by atoms with Crippen molar-refractivity contribution in [3.05, 3.63) is 24.3 Å². The Morgan fingerprint density at radius 3 is 2.35 bits per heavy atom. The monoisotopic (exact) mass is 257 g/mol. The van der Waals surface area contributed by atoms with Crippen LogP contribution in [0.4, 0.5) is 5.69 Å². The van der Waals surface area contributed by atoms with E-state index < -0.39 is 18.4 Å². The molecular formula is C11H12ClNO4. The van der Waals surface area contributed by atoms with Gasteiger partial charge in [-0.25, -0.2) is 0 Å². The van der Waals surface area contributed by atoms with Crippen molar-refractivity contribution in [2.24, 2.45) is 0 Å². The van der Waals surface area contributed by atoms with Crippen LogP contribution in [0.5, 0.6) is 5.75 Å². The maximum atomic E-state index is 11.5. The summed E-state index contributed by atoms with van der Waals surface area (Å²) in [4.78, 5) is 23.3. The highest BCUT2D eigenvalue weighted by molar-refractivity contribution is 6.29. The molecule has 0 aliphatic heterocycles. The standard InChI is InChI=1S/C11H12ClNO4/c1-17-9-4-2-8(3-5-9)13(7-11(15)16)10(14)6-12/h2-5H,6-7H2,1H3,(H,15,16). The van der Waals surface area contributed by atoms with Gasteiger partial charge in [0.1, 0.15) is 18.2 Å². The zero-order chi connectivity index (χ0) is 12.8. The molecule has 0 atom stereocenters. The third-order valence-corrected chi connectivity index (χ3v) is 2.32. The van der Waals surface area contributed by atoms with Crippen LogP contribution < -0.4 is 9.64 Å². The van der Waals surface area contributed by atoms with E-state index in [-0.39, 0.29) is 5.88 Å². The Balaban J connectivity index is 2.95. The van der Waals surface area contributed by atoms with E-state index in [4.69, 9.17) is 21.4 Å². The smallest absolute Gasteiger partial charge is 0.323 e. The van der Waals surface area contributed by atoms with Gasteiger partial charge in [-0.05, 0) is 24.3 Å². The first-order valence-corrected chi connectivity index (χ1v) is 5.34. The first kappa shape index (κ1) is 13.3. The maximum absolute atomic E-state index is 11.5. The number of benzene rings is 1. The average molecular weight is 258 g/mol. The van der Waals surface area contributed by atoms with E-state index in [1.807, 2.05) is 0 Å². The number of amides is 1. The predicted octanol–water partition coefficient (Wildman–Crippen LogP) is 1.35. The molecule has 1 rings (SSSR count). The van der Waals surface area contributed by atoms with E-state index in [2.05, 4.69) is 0 Å². The molecule has 1 aromatic rings. The molecule has 0 aromatic heterocycles. The Kier molecular flexibility index (Phi) is 4.78. The number of alkyl halides is 1. The van der Waals surface area contributed by atoms with E-state index >= 15 is 0 Å². The van der Waals surface area contributed by atoms with Crippen LogP contribution in [0.3, 0.4) is 0 Å². The van der Waals surface area contributed by atoms with Gasteiger partial charge in [-0.3, -0.25) is 9.59 Å². The van der Waals surface area contributed by atoms with Crippen molar-refractivity contribution in [1.82, 2.24) is 0 Å². The third-order valence-electron chi connectivity index (χ3n) is 2.09. The molecule has 0 saturated heterocycles. The van der Waals surface area contributed by atoms with E-state index in [1.165, 1.54) is 7.11 Å². The number of nitrogens with zero attached hydrogens (tertiary/aromatic N) is 1. The van der Waals surface area contributed by atoms with E-state index in [9.17, 15) is 9.59 Å². The number of aliphatic carboxylic acids is 1. The molecule has 1 aromatic carbocycles. The Hall–Kier alpha value is -1.75. The Labute approximate surface area is 104 Å². The molecule has 0 fully saturated rings. The second-order valence-corrected chi connectivity index (χ2v) is 3.47. The van der Waals surface area contributed by atoms with Crippen molar-refractivity contribution >= 4 is 29.2 Å². The van der Waals surface area contributed by atoms with Crippen LogP contribution in [0.25, 0.3) is 0 Å². The van der Waals surface area contributed by atoms with Crippen LogP contribution in [-0.2, 0) is 9.59 Å². The van der Waals surface area contributed by atoms with Crippen molar-refractivity contribution in [1.29, 1.82) is 0 Å². The van der Waals surface area contributed by atoms with Gasteiger partial charge < -0.3 is 14.7 Å². The summed E-state index contributed by atoms with van der Waals surface area (Å²) in [6.07, 6.45) is 0. The molecule has 0 saturated carbocycles. The summed E-state index contributed by atoms with van der Waals surface area (Å²) >= 11 is 5.43. The summed E-state index contributed by atoms with van der Waals surface area (Å²) in [6.45, 7) is -0.419. The molecule has 1 amide bonds. The summed E-state index contributed by atoms with van der Waals surface area (Å²) < 4.78 is 4.97. The fraction of sp³-hybridized carbons (Fsp3) is 0.273. The SMILES string of the molecule is COc1ccc(N(CC(=O)O)C(=O)CCl)cc1. The second-order valence-electron chi connectivity index (χ2n) is 3.21. The summed E-state index contributed by atoms with van der Waals surface area (Å²) in [6, 6.07) is 6.50. The first-order valence-electron chi connectivity index (χ1n) is 4.80. The maximum Gasteiger partial charge on any atom is 0.323 e. The molecule has 0 bridgehead atoms. The number of methoxy groups -OCH3 is 1. The van der Waals surface area contributed by atoms with Gasteiger partial charge in [-0.1, -0.05) is 0 Å². The zero-order valence-electron chi connectivity index (χ0n) is 9.22. The molecule has 0 spiro atoms. The van der Waals surface area contributed by atoms with Crippen LogP contribution in [0.1, 0.15) is 0 Å². The fourth-order valence-corrected chi connectivity index (χ4v) is 1.44. The second kappa shape index (κ2) is 6.10. The van der Waals surface area contributed by atoms with Crippen molar-refractivity contribution in [3.8, 4) is 5.75 Å². The Bertz CT molecular complexity index is 404. The molecular weight excluding hydrogens is 246 g/mol. The highest BCUT2D eigenvalue weighted by Gasteiger charge is 2.17. The number of halogens is 1.